The summed E-state index contributed by atoms with van der Waals surface area (Å²) >= 11 is 2.31. The van der Waals surface area contributed by atoms with E-state index in [9.17, 15) is 13.2 Å². The van der Waals surface area contributed by atoms with Crippen LogP contribution in [0.3, 0.4) is 0 Å². The van der Waals surface area contributed by atoms with Crippen molar-refractivity contribution in [2.24, 2.45) is 0 Å². The minimum atomic E-state index is -4.30. The molecule has 0 amide bonds. The first-order chi connectivity index (χ1) is 12.4. The SMILES string of the molecule is CCc1ccc(-c2noc(CSc3nnc(NCC(F)(F)F)s3)n2)cc1. The number of rotatable bonds is 7. The fourth-order valence-corrected chi connectivity index (χ4v) is 3.54. The molecule has 0 radical (unpaired) electrons. The molecule has 0 aliphatic heterocycles. The second-order valence-electron chi connectivity index (χ2n) is 5.19. The van der Waals surface area contributed by atoms with E-state index in [0.717, 1.165) is 23.3 Å². The number of aromatic nitrogens is 4. The van der Waals surface area contributed by atoms with E-state index in [0.29, 0.717) is 21.8 Å². The standard InChI is InChI=1S/C15H14F3N5OS2/c1-2-9-3-5-10(6-4-9)12-20-11(24-23-12)7-25-14-22-21-13(26-14)19-8-15(16,17)18/h3-6H,2,7-8H2,1H3,(H,19,21). The van der Waals surface area contributed by atoms with Gasteiger partial charge in [-0.2, -0.15) is 18.2 Å². The van der Waals surface area contributed by atoms with Crippen LogP contribution >= 0.6 is 23.1 Å². The highest BCUT2D eigenvalue weighted by Crippen LogP contribution is 2.29. The van der Waals surface area contributed by atoms with Gasteiger partial charge >= 0.3 is 6.18 Å². The van der Waals surface area contributed by atoms with E-state index >= 15 is 0 Å². The molecule has 0 bridgehead atoms. The third-order valence-corrected chi connectivity index (χ3v) is 5.25. The largest absolute Gasteiger partial charge is 0.405 e. The summed E-state index contributed by atoms with van der Waals surface area (Å²) in [6, 6.07) is 7.89. The van der Waals surface area contributed by atoms with Crippen LogP contribution in [0.2, 0.25) is 0 Å². The van der Waals surface area contributed by atoms with E-state index in [-0.39, 0.29) is 5.13 Å². The zero-order valence-electron chi connectivity index (χ0n) is 13.6. The Labute approximate surface area is 155 Å². The molecule has 0 aliphatic carbocycles. The Morgan fingerprint density at radius 3 is 2.65 bits per heavy atom. The van der Waals surface area contributed by atoms with E-state index in [2.05, 4.69) is 32.6 Å². The van der Waals surface area contributed by atoms with Crippen molar-refractivity contribution in [1.29, 1.82) is 0 Å². The van der Waals surface area contributed by atoms with Gasteiger partial charge < -0.3 is 9.84 Å². The van der Waals surface area contributed by atoms with Crippen molar-refractivity contribution >= 4 is 28.2 Å². The summed E-state index contributed by atoms with van der Waals surface area (Å²) in [7, 11) is 0. The minimum Gasteiger partial charge on any atom is -0.351 e. The van der Waals surface area contributed by atoms with Crippen LogP contribution in [-0.4, -0.2) is 33.1 Å². The summed E-state index contributed by atoms with van der Waals surface area (Å²) in [5.41, 5.74) is 2.08. The first kappa shape index (κ1) is 18.6. The number of nitrogens with zero attached hydrogens (tertiary/aromatic N) is 4. The molecule has 26 heavy (non-hydrogen) atoms. The molecule has 2 heterocycles. The molecule has 0 aliphatic rings. The van der Waals surface area contributed by atoms with Gasteiger partial charge in [-0.15, -0.1) is 10.2 Å². The van der Waals surface area contributed by atoms with Crippen LogP contribution in [0.15, 0.2) is 33.1 Å². The lowest BCUT2D eigenvalue weighted by molar-refractivity contribution is -0.115. The molecule has 138 valence electrons. The van der Waals surface area contributed by atoms with Crippen LogP contribution in [0.5, 0.6) is 0 Å². The summed E-state index contributed by atoms with van der Waals surface area (Å²) in [5, 5.41) is 13.8. The van der Waals surface area contributed by atoms with Gasteiger partial charge in [0.05, 0.1) is 5.75 Å². The Kier molecular flexibility index (Phi) is 5.77. The van der Waals surface area contributed by atoms with Gasteiger partial charge in [0.25, 0.3) is 0 Å². The van der Waals surface area contributed by atoms with Crippen molar-refractivity contribution in [2.45, 2.75) is 29.6 Å². The Bertz CT molecular complexity index is 848. The maximum absolute atomic E-state index is 12.2. The molecular weight excluding hydrogens is 387 g/mol. The van der Waals surface area contributed by atoms with Gasteiger partial charge in [-0.3, -0.25) is 0 Å². The lowest BCUT2D eigenvalue weighted by atomic mass is 10.1. The predicted octanol–water partition coefficient (Wildman–Crippen LogP) is 4.42. The number of nitrogens with one attached hydrogen (secondary N) is 1. The van der Waals surface area contributed by atoms with Crippen molar-refractivity contribution in [3.63, 3.8) is 0 Å². The van der Waals surface area contributed by atoms with Crippen LogP contribution in [0, 0.1) is 0 Å². The van der Waals surface area contributed by atoms with Crippen molar-refractivity contribution in [3.05, 3.63) is 35.7 Å². The van der Waals surface area contributed by atoms with Crippen LogP contribution in [-0.2, 0) is 12.2 Å². The van der Waals surface area contributed by atoms with Gasteiger partial charge in [0.1, 0.15) is 6.54 Å². The molecule has 0 saturated carbocycles. The normalized spacial score (nSPS) is 11.7. The number of anilines is 1. The monoisotopic (exact) mass is 401 g/mol. The maximum Gasteiger partial charge on any atom is 0.405 e. The Balaban J connectivity index is 1.55. The molecule has 0 spiro atoms. The van der Waals surface area contributed by atoms with Crippen molar-refractivity contribution in [1.82, 2.24) is 20.3 Å². The van der Waals surface area contributed by atoms with E-state index < -0.39 is 12.7 Å². The lowest BCUT2D eigenvalue weighted by Crippen LogP contribution is -2.21. The average Bonchev–Trinajstić information content (AvgIpc) is 3.27. The molecule has 0 fully saturated rings. The first-order valence-corrected chi connectivity index (χ1v) is 9.42. The molecule has 0 saturated heterocycles. The summed E-state index contributed by atoms with van der Waals surface area (Å²) in [6.45, 7) is 0.937. The number of aryl methyl sites for hydroxylation is 1. The molecule has 6 nitrogen and oxygen atoms in total. The fourth-order valence-electron chi connectivity index (χ4n) is 1.96. The summed E-state index contributed by atoms with van der Waals surface area (Å²) in [4.78, 5) is 4.32. The van der Waals surface area contributed by atoms with Crippen molar-refractivity contribution < 1.29 is 17.7 Å². The highest BCUT2D eigenvalue weighted by Gasteiger charge is 2.27. The number of hydrogen-bond acceptors (Lipinski definition) is 8. The molecule has 3 rings (SSSR count). The number of benzene rings is 1. The third-order valence-electron chi connectivity index (χ3n) is 3.25. The van der Waals surface area contributed by atoms with Gasteiger partial charge in [-0.05, 0) is 12.0 Å². The Morgan fingerprint density at radius 1 is 1.19 bits per heavy atom. The van der Waals surface area contributed by atoms with Gasteiger partial charge in [-0.1, -0.05) is 59.4 Å². The lowest BCUT2D eigenvalue weighted by Gasteiger charge is -2.05. The third kappa shape index (κ3) is 5.18. The number of halogens is 3. The van der Waals surface area contributed by atoms with Gasteiger partial charge in [0, 0.05) is 5.56 Å². The second kappa shape index (κ2) is 8.04. The van der Waals surface area contributed by atoms with Crippen LogP contribution < -0.4 is 5.32 Å². The zero-order valence-corrected chi connectivity index (χ0v) is 15.2. The predicted molar refractivity (Wildman–Crippen MR) is 93.1 cm³/mol. The second-order valence-corrected chi connectivity index (χ2v) is 7.39. The average molecular weight is 401 g/mol. The van der Waals surface area contributed by atoms with Gasteiger partial charge in [0.2, 0.25) is 16.8 Å². The molecule has 1 aromatic carbocycles. The van der Waals surface area contributed by atoms with Crippen molar-refractivity contribution in [2.75, 3.05) is 11.9 Å². The molecule has 11 heteroatoms. The van der Waals surface area contributed by atoms with E-state index in [1.807, 2.05) is 24.3 Å². The highest BCUT2D eigenvalue weighted by molar-refractivity contribution is 8.00. The van der Waals surface area contributed by atoms with E-state index in [4.69, 9.17) is 4.52 Å². The van der Waals surface area contributed by atoms with Crippen molar-refractivity contribution in [3.8, 4) is 11.4 Å². The molecule has 0 atom stereocenters. The smallest absolute Gasteiger partial charge is 0.351 e. The maximum atomic E-state index is 12.2. The van der Waals surface area contributed by atoms with E-state index in [1.165, 1.54) is 17.3 Å². The van der Waals surface area contributed by atoms with Crippen LogP contribution in [0.4, 0.5) is 18.3 Å². The molecule has 1 N–H and O–H groups in total. The van der Waals surface area contributed by atoms with E-state index in [1.54, 1.807) is 0 Å². The molecule has 3 aromatic rings. The Morgan fingerprint density at radius 2 is 1.96 bits per heavy atom. The minimum absolute atomic E-state index is 0.118. The van der Waals surface area contributed by atoms with Crippen LogP contribution in [0.1, 0.15) is 18.4 Å². The zero-order chi connectivity index (χ0) is 18.6. The summed E-state index contributed by atoms with van der Waals surface area (Å²) in [5.74, 6) is 1.26. The number of hydrogen-bond donors (Lipinski definition) is 1. The molecule has 2 aromatic heterocycles. The number of thioether (sulfide) groups is 1. The summed E-state index contributed by atoms with van der Waals surface area (Å²) in [6.07, 6.45) is -3.34. The summed E-state index contributed by atoms with van der Waals surface area (Å²) < 4.78 is 42.2. The highest BCUT2D eigenvalue weighted by atomic mass is 32.2. The quantitative estimate of drug-likeness (QED) is 0.587. The molecule has 0 unspecified atom stereocenters. The van der Waals surface area contributed by atoms with Gasteiger partial charge in [-0.25, -0.2) is 0 Å². The topological polar surface area (TPSA) is 76.7 Å². The number of alkyl halides is 3. The first-order valence-electron chi connectivity index (χ1n) is 7.62. The Hall–Kier alpha value is -2.14. The fraction of sp³-hybridized carbons (Fsp3) is 0.333. The van der Waals surface area contributed by atoms with Crippen LogP contribution in [0.25, 0.3) is 11.4 Å². The van der Waals surface area contributed by atoms with Gasteiger partial charge in [0.15, 0.2) is 4.34 Å². The molecular formula is C15H14F3N5OS2.